The number of para-hydroxylation sites is 2. The summed E-state index contributed by atoms with van der Waals surface area (Å²) in [5.74, 6) is 0.151. The normalized spacial score (nSPS) is 15.0. The summed E-state index contributed by atoms with van der Waals surface area (Å²) >= 11 is 0. The van der Waals surface area contributed by atoms with E-state index in [0.717, 1.165) is 60.7 Å². The van der Waals surface area contributed by atoms with Gasteiger partial charge in [0.2, 0.25) is 0 Å². The van der Waals surface area contributed by atoms with Gasteiger partial charge in [0, 0.05) is 18.8 Å². The van der Waals surface area contributed by atoms with Gasteiger partial charge in [0.05, 0.1) is 44.5 Å². The number of nitrogens with zero attached hydrogens (tertiary/aromatic N) is 3. The molecule has 0 atom stereocenters. The van der Waals surface area contributed by atoms with E-state index in [4.69, 9.17) is 0 Å². The number of hydrogen-bond donors (Lipinski definition) is 0. The summed E-state index contributed by atoms with van der Waals surface area (Å²) < 4.78 is 0.994. The standard InChI is InChI=1S/C22H30N3O/c1-4-25(3,5-2)18-17-23-15-16-24(19-11-7-6-8-12-19)21-14-10-9-13-20(21)22(23)26/h6-14H,4-5,15-18H2,1-3H3/q+1. The average Bonchev–Trinajstić information content (AvgIpc) is 2.84. The van der Waals surface area contributed by atoms with E-state index in [0.29, 0.717) is 0 Å². The summed E-state index contributed by atoms with van der Waals surface area (Å²) in [4.78, 5) is 17.5. The summed E-state index contributed by atoms with van der Waals surface area (Å²) in [5, 5.41) is 0. The van der Waals surface area contributed by atoms with E-state index in [1.165, 1.54) is 0 Å². The van der Waals surface area contributed by atoms with E-state index in [-0.39, 0.29) is 5.91 Å². The van der Waals surface area contributed by atoms with Crippen molar-refractivity contribution in [1.29, 1.82) is 0 Å². The van der Waals surface area contributed by atoms with Gasteiger partial charge in [-0.3, -0.25) is 4.79 Å². The maximum atomic E-state index is 13.2. The molecule has 0 spiro atoms. The fourth-order valence-corrected chi connectivity index (χ4v) is 3.49. The van der Waals surface area contributed by atoms with Crippen LogP contribution in [0.5, 0.6) is 0 Å². The number of anilines is 2. The zero-order valence-electron chi connectivity index (χ0n) is 16.2. The van der Waals surface area contributed by atoms with Crippen molar-refractivity contribution < 1.29 is 9.28 Å². The second kappa shape index (κ2) is 7.92. The predicted octanol–water partition coefficient (Wildman–Crippen LogP) is 3.77. The first-order valence-electron chi connectivity index (χ1n) is 9.62. The van der Waals surface area contributed by atoms with Crippen molar-refractivity contribution in [3.63, 3.8) is 0 Å². The summed E-state index contributed by atoms with van der Waals surface area (Å²) in [6.07, 6.45) is 0. The molecular weight excluding hydrogens is 322 g/mol. The minimum Gasteiger partial charge on any atom is -0.339 e. The highest BCUT2D eigenvalue weighted by Gasteiger charge is 2.28. The van der Waals surface area contributed by atoms with Crippen molar-refractivity contribution in [1.82, 2.24) is 4.90 Å². The average molecular weight is 353 g/mol. The van der Waals surface area contributed by atoms with E-state index in [2.05, 4.69) is 44.0 Å². The minimum atomic E-state index is 0.151. The Balaban J connectivity index is 1.87. The van der Waals surface area contributed by atoms with Gasteiger partial charge < -0.3 is 14.3 Å². The summed E-state index contributed by atoms with van der Waals surface area (Å²) in [5.41, 5.74) is 2.95. The fraction of sp³-hybridized carbons (Fsp3) is 0.409. The highest BCUT2D eigenvalue weighted by Crippen LogP contribution is 2.31. The molecule has 4 heteroatoms. The Hall–Kier alpha value is -2.33. The molecule has 0 unspecified atom stereocenters. The molecule has 1 aliphatic heterocycles. The Labute approximate surface area is 157 Å². The highest BCUT2D eigenvalue weighted by atomic mass is 16.2. The smallest absolute Gasteiger partial charge is 0.256 e. The minimum absolute atomic E-state index is 0.151. The van der Waals surface area contributed by atoms with Crippen molar-refractivity contribution in [2.24, 2.45) is 0 Å². The molecule has 0 N–H and O–H groups in total. The van der Waals surface area contributed by atoms with Gasteiger partial charge in [-0.25, -0.2) is 0 Å². The van der Waals surface area contributed by atoms with Gasteiger partial charge >= 0.3 is 0 Å². The van der Waals surface area contributed by atoms with Crippen LogP contribution >= 0.6 is 0 Å². The molecule has 4 nitrogen and oxygen atoms in total. The molecule has 1 aliphatic rings. The first-order valence-corrected chi connectivity index (χ1v) is 9.62. The maximum absolute atomic E-state index is 13.2. The van der Waals surface area contributed by atoms with Crippen LogP contribution in [0.4, 0.5) is 11.4 Å². The third-order valence-electron chi connectivity index (χ3n) is 5.81. The Morgan fingerprint density at radius 3 is 2.27 bits per heavy atom. The molecule has 0 bridgehead atoms. The number of rotatable bonds is 6. The zero-order chi connectivity index (χ0) is 18.6. The summed E-state index contributed by atoms with van der Waals surface area (Å²) in [7, 11) is 2.27. The molecule has 26 heavy (non-hydrogen) atoms. The van der Waals surface area contributed by atoms with Crippen molar-refractivity contribution in [3.05, 3.63) is 60.2 Å². The van der Waals surface area contributed by atoms with Gasteiger partial charge in [-0.1, -0.05) is 30.3 Å². The van der Waals surface area contributed by atoms with Gasteiger partial charge in [-0.2, -0.15) is 0 Å². The van der Waals surface area contributed by atoms with Gasteiger partial charge in [0.25, 0.3) is 5.91 Å². The van der Waals surface area contributed by atoms with E-state index in [1.807, 2.05) is 41.3 Å². The van der Waals surface area contributed by atoms with Gasteiger partial charge in [0.15, 0.2) is 0 Å². The van der Waals surface area contributed by atoms with E-state index in [1.54, 1.807) is 0 Å². The molecule has 0 radical (unpaired) electrons. The first-order chi connectivity index (χ1) is 12.6. The zero-order valence-corrected chi connectivity index (χ0v) is 16.2. The third kappa shape index (κ3) is 3.75. The van der Waals surface area contributed by atoms with Crippen LogP contribution in [0.3, 0.4) is 0 Å². The number of carbonyl (C=O) groups excluding carboxylic acids is 1. The van der Waals surface area contributed by atoms with E-state index >= 15 is 0 Å². The van der Waals surface area contributed by atoms with Crippen LogP contribution in [-0.2, 0) is 0 Å². The molecule has 3 rings (SSSR count). The lowest BCUT2D eigenvalue weighted by molar-refractivity contribution is -0.905. The second-order valence-corrected chi connectivity index (χ2v) is 7.27. The SMILES string of the molecule is CC[N+](C)(CC)CCN1CCN(c2ccccc2)c2ccccc2C1=O. The number of hydrogen-bond acceptors (Lipinski definition) is 2. The number of carbonyl (C=O) groups is 1. The quantitative estimate of drug-likeness (QED) is 0.739. The molecule has 2 aromatic carbocycles. The fourth-order valence-electron chi connectivity index (χ4n) is 3.49. The van der Waals surface area contributed by atoms with Crippen LogP contribution in [0.15, 0.2) is 54.6 Å². The maximum Gasteiger partial charge on any atom is 0.256 e. The molecule has 0 fully saturated rings. The summed E-state index contributed by atoms with van der Waals surface area (Å²) in [6.45, 7) is 9.97. The van der Waals surface area contributed by atoms with Crippen molar-refractivity contribution in [3.8, 4) is 0 Å². The van der Waals surface area contributed by atoms with Crippen LogP contribution < -0.4 is 4.90 Å². The molecule has 1 heterocycles. The van der Waals surface area contributed by atoms with Crippen molar-refractivity contribution in [2.75, 3.05) is 51.2 Å². The van der Waals surface area contributed by atoms with Gasteiger partial charge in [0.1, 0.15) is 0 Å². The predicted molar refractivity (Wildman–Crippen MR) is 108 cm³/mol. The Morgan fingerprint density at radius 2 is 1.58 bits per heavy atom. The lowest BCUT2D eigenvalue weighted by atomic mass is 10.1. The topological polar surface area (TPSA) is 23.6 Å². The number of amides is 1. The first kappa shape index (κ1) is 18.5. The molecule has 0 saturated heterocycles. The third-order valence-corrected chi connectivity index (χ3v) is 5.81. The second-order valence-electron chi connectivity index (χ2n) is 7.27. The Morgan fingerprint density at radius 1 is 0.923 bits per heavy atom. The van der Waals surface area contributed by atoms with Crippen LogP contribution in [0.2, 0.25) is 0 Å². The van der Waals surface area contributed by atoms with Crippen LogP contribution in [0.25, 0.3) is 0 Å². The lowest BCUT2D eigenvalue weighted by Gasteiger charge is -2.34. The van der Waals surface area contributed by atoms with Crippen LogP contribution in [-0.4, -0.2) is 61.6 Å². The van der Waals surface area contributed by atoms with Crippen molar-refractivity contribution in [2.45, 2.75) is 13.8 Å². The largest absolute Gasteiger partial charge is 0.339 e. The van der Waals surface area contributed by atoms with E-state index in [9.17, 15) is 4.79 Å². The molecule has 0 aromatic heterocycles. The molecule has 1 amide bonds. The number of quaternary nitrogens is 1. The number of likely N-dealkylation sites (N-methyl/N-ethyl adjacent to an activating group) is 1. The molecule has 138 valence electrons. The Kier molecular flexibility index (Phi) is 5.62. The summed E-state index contributed by atoms with van der Waals surface area (Å²) in [6, 6.07) is 18.3. The Bertz CT molecular complexity index is 740. The molecule has 0 aliphatic carbocycles. The monoisotopic (exact) mass is 352 g/mol. The van der Waals surface area contributed by atoms with Gasteiger partial charge in [-0.15, -0.1) is 0 Å². The highest BCUT2D eigenvalue weighted by molar-refractivity contribution is 6.01. The molecule has 2 aromatic rings. The van der Waals surface area contributed by atoms with Crippen LogP contribution in [0, 0.1) is 0 Å². The number of fused-ring (bicyclic) bond motifs is 1. The lowest BCUT2D eigenvalue weighted by Crippen LogP contribution is -2.49. The van der Waals surface area contributed by atoms with Gasteiger partial charge in [-0.05, 0) is 38.1 Å². The number of benzene rings is 2. The van der Waals surface area contributed by atoms with Crippen molar-refractivity contribution >= 4 is 17.3 Å². The van der Waals surface area contributed by atoms with Crippen LogP contribution in [0.1, 0.15) is 24.2 Å². The molecule has 0 saturated carbocycles. The van der Waals surface area contributed by atoms with E-state index < -0.39 is 0 Å². The molecular formula is C22H30N3O+.